The van der Waals surface area contributed by atoms with E-state index in [0.29, 0.717) is 6.04 Å². The van der Waals surface area contributed by atoms with Gasteiger partial charge in [0.25, 0.3) is 0 Å². The summed E-state index contributed by atoms with van der Waals surface area (Å²) < 4.78 is 0. The highest BCUT2D eigenvalue weighted by atomic mass is 35.5. The molecule has 1 fully saturated rings. The first-order valence-corrected chi connectivity index (χ1v) is 4.53. The Morgan fingerprint density at radius 1 is 1.31 bits per heavy atom. The van der Waals surface area contributed by atoms with Crippen LogP contribution >= 0.6 is 12.4 Å². The zero-order valence-electron chi connectivity index (χ0n) is 8.62. The predicted molar refractivity (Wildman–Crippen MR) is 56.2 cm³/mol. The molecule has 3 nitrogen and oxygen atoms in total. The average molecular weight is 207 g/mol. The molecule has 0 aromatic heterocycles. The normalized spacial score (nSPS) is 18.6. The van der Waals surface area contributed by atoms with E-state index in [1.807, 2.05) is 4.90 Å². The Hall–Kier alpha value is -0.280. The quantitative estimate of drug-likeness (QED) is 0.639. The van der Waals surface area contributed by atoms with Crippen LogP contribution in [-0.2, 0) is 4.79 Å². The lowest BCUT2D eigenvalue weighted by Crippen LogP contribution is -2.43. The molecule has 0 aliphatic carbocycles. The van der Waals surface area contributed by atoms with Gasteiger partial charge < -0.3 is 9.80 Å². The van der Waals surface area contributed by atoms with Crippen LogP contribution in [0.15, 0.2) is 0 Å². The molecule has 0 aromatic carbocycles. The minimum absolute atomic E-state index is 0. The fourth-order valence-corrected chi connectivity index (χ4v) is 1.70. The fraction of sp³-hybridized carbons (Fsp3) is 0.889. The van der Waals surface area contributed by atoms with Gasteiger partial charge in [0.05, 0.1) is 0 Å². The molecule has 1 aliphatic rings. The molecule has 0 spiro atoms. The van der Waals surface area contributed by atoms with Gasteiger partial charge in [-0.1, -0.05) is 0 Å². The third-order valence-electron chi connectivity index (χ3n) is 2.64. The van der Waals surface area contributed by atoms with Crippen LogP contribution < -0.4 is 0 Å². The Kier molecular flexibility index (Phi) is 5.33. The van der Waals surface area contributed by atoms with E-state index in [2.05, 4.69) is 19.0 Å². The summed E-state index contributed by atoms with van der Waals surface area (Å²) in [5, 5.41) is 0. The second-order valence-corrected chi connectivity index (χ2v) is 3.70. The van der Waals surface area contributed by atoms with Crippen LogP contribution in [-0.4, -0.2) is 48.9 Å². The lowest BCUT2D eigenvalue weighted by molar-refractivity contribution is -0.130. The third-order valence-corrected chi connectivity index (χ3v) is 2.64. The van der Waals surface area contributed by atoms with Crippen molar-refractivity contribution in [3.05, 3.63) is 0 Å². The van der Waals surface area contributed by atoms with Gasteiger partial charge in [0.1, 0.15) is 0 Å². The van der Waals surface area contributed by atoms with Crippen molar-refractivity contribution in [3.63, 3.8) is 0 Å². The largest absolute Gasteiger partial charge is 0.343 e. The highest BCUT2D eigenvalue weighted by Crippen LogP contribution is 2.13. The van der Waals surface area contributed by atoms with Crippen LogP contribution in [0.4, 0.5) is 0 Å². The molecule has 1 amide bonds. The van der Waals surface area contributed by atoms with Gasteiger partial charge in [0.15, 0.2) is 0 Å². The second-order valence-electron chi connectivity index (χ2n) is 3.70. The lowest BCUT2D eigenvalue weighted by atomic mass is 10.0. The molecule has 0 radical (unpaired) electrons. The Balaban J connectivity index is 0.00000144. The van der Waals surface area contributed by atoms with Crippen LogP contribution in [0.2, 0.25) is 0 Å². The van der Waals surface area contributed by atoms with Crippen LogP contribution in [0.25, 0.3) is 0 Å². The summed E-state index contributed by atoms with van der Waals surface area (Å²) >= 11 is 0. The number of nitrogens with zero attached hydrogens (tertiary/aromatic N) is 2. The van der Waals surface area contributed by atoms with E-state index in [9.17, 15) is 4.79 Å². The third kappa shape index (κ3) is 3.53. The molecule has 78 valence electrons. The maximum atomic E-state index is 11.0. The molecule has 1 aliphatic heterocycles. The first-order chi connectivity index (χ1) is 5.61. The SMILES string of the molecule is CC(=O)N1CCC(N(C)C)CC1.Cl. The van der Waals surface area contributed by atoms with E-state index in [0.717, 1.165) is 25.9 Å². The van der Waals surface area contributed by atoms with Crippen molar-refractivity contribution in [1.82, 2.24) is 9.80 Å². The van der Waals surface area contributed by atoms with Crippen molar-refractivity contribution in [3.8, 4) is 0 Å². The van der Waals surface area contributed by atoms with Crippen molar-refractivity contribution in [2.24, 2.45) is 0 Å². The Morgan fingerprint density at radius 3 is 2.08 bits per heavy atom. The van der Waals surface area contributed by atoms with Crippen molar-refractivity contribution in [2.75, 3.05) is 27.2 Å². The number of carbonyl (C=O) groups excluding carboxylic acids is 1. The van der Waals surface area contributed by atoms with Gasteiger partial charge in [-0.25, -0.2) is 0 Å². The van der Waals surface area contributed by atoms with Gasteiger partial charge in [-0.05, 0) is 26.9 Å². The molecule has 0 atom stereocenters. The Morgan fingerprint density at radius 2 is 1.77 bits per heavy atom. The molecule has 0 aromatic rings. The molecular formula is C9H19ClN2O. The number of likely N-dealkylation sites (tertiary alicyclic amines) is 1. The molecule has 13 heavy (non-hydrogen) atoms. The van der Waals surface area contributed by atoms with E-state index in [1.54, 1.807) is 6.92 Å². The number of hydrogen-bond acceptors (Lipinski definition) is 2. The van der Waals surface area contributed by atoms with E-state index in [4.69, 9.17) is 0 Å². The minimum atomic E-state index is 0. The smallest absolute Gasteiger partial charge is 0.219 e. The van der Waals surface area contributed by atoms with E-state index in [-0.39, 0.29) is 18.3 Å². The second kappa shape index (κ2) is 5.45. The number of amides is 1. The van der Waals surface area contributed by atoms with Gasteiger partial charge in [0.2, 0.25) is 5.91 Å². The highest BCUT2D eigenvalue weighted by Gasteiger charge is 2.21. The first-order valence-electron chi connectivity index (χ1n) is 4.53. The van der Waals surface area contributed by atoms with Crippen LogP contribution in [0.1, 0.15) is 19.8 Å². The maximum absolute atomic E-state index is 11.0. The molecule has 1 heterocycles. The predicted octanol–water partition coefficient (Wildman–Crippen LogP) is 0.981. The van der Waals surface area contributed by atoms with E-state index < -0.39 is 0 Å². The molecule has 0 bridgehead atoms. The summed E-state index contributed by atoms with van der Waals surface area (Å²) in [6.07, 6.45) is 2.24. The molecule has 0 unspecified atom stereocenters. The van der Waals surface area contributed by atoms with Crippen LogP contribution in [0.3, 0.4) is 0 Å². The summed E-state index contributed by atoms with van der Waals surface area (Å²) in [6, 6.07) is 0.667. The molecular weight excluding hydrogens is 188 g/mol. The highest BCUT2D eigenvalue weighted by molar-refractivity contribution is 5.85. The van der Waals surface area contributed by atoms with Crippen LogP contribution in [0, 0.1) is 0 Å². The molecule has 1 saturated heterocycles. The van der Waals surface area contributed by atoms with Gasteiger partial charge in [0, 0.05) is 26.1 Å². The summed E-state index contributed by atoms with van der Waals surface area (Å²) in [5.74, 6) is 0.215. The van der Waals surface area contributed by atoms with E-state index in [1.165, 1.54) is 0 Å². The molecule has 0 saturated carbocycles. The van der Waals surface area contributed by atoms with Gasteiger partial charge in [-0.3, -0.25) is 4.79 Å². The summed E-state index contributed by atoms with van der Waals surface area (Å²) in [4.78, 5) is 15.2. The summed E-state index contributed by atoms with van der Waals surface area (Å²) in [7, 11) is 4.21. The number of carbonyl (C=O) groups is 1. The zero-order chi connectivity index (χ0) is 9.14. The van der Waals surface area contributed by atoms with Crippen LogP contribution in [0.5, 0.6) is 0 Å². The Bertz CT molecular complexity index is 165. The summed E-state index contributed by atoms with van der Waals surface area (Å²) in [6.45, 7) is 3.51. The lowest BCUT2D eigenvalue weighted by Gasteiger charge is -2.34. The number of piperidine rings is 1. The monoisotopic (exact) mass is 206 g/mol. The number of rotatable bonds is 1. The molecule has 4 heteroatoms. The fourth-order valence-electron chi connectivity index (χ4n) is 1.70. The topological polar surface area (TPSA) is 23.6 Å². The molecule has 0 N–H and O–H groups in total. The zero-order valence-corrected chi connectivity index (χ0v) is 9.43. The van der Waals surface area contributed by atoms with Crippen molar-refractivity contribution < 1.29 is 4.79 Å². The van der Waals surface area contributed by atoms with Gasteiger partial charge in [-0.2, -0.15) is 0 Å². The van der Waals surface area contributed by atoms with Crippen molar-refractivity contribution >= 4 is 18.3 Å². The molecule has 1 rings (SSSR count). The van der Waals surface area contributed by atoms with Crippen molar-refractivity contribution in [2.45, 2.75) is 25.8 Å². The van der Waals surface area contributed by atoms with Gasteiger partial charge in [-0.15, -0.1) is 12.4 Å². The van der Waals surface area contributed by atoms with Gasteiger partial charge >= 0.3 is 0 Å². The average Bonchev–Trinajstić information content (AvgIpc) is 2.04. The number of halogens is 1. The summed E-state index contributed by atoms with van der Waals surface area (Å²) in [5.41, 5.74) is 0. The van der Waals surface area contributed by atoms with E-state index >= 15 is 0 Å². The minimum Gasteiger partial charge on any atom is -0.343 e. The standard InChI is InChI=1S/C9H18N2O.ClH/c1-8(12)11-6-4-9(5-7-11)10(2)3;/h9H,4-7H2,1-3H3;1H. The number of hydrogen-bond donors (Lipinski definition) is 0. The maximum Gasteiger partial charge on any atom is 0.219 e. The Labute approximate surface area is 86.5 Å². The first kappa shape index (κ1) is 12.7. The van der Waals surface area contributed by atoms with Crippen molar-refractivity contribution in [1.29, 1.82) is 0 Å².